The average Bonchev–Trinajstić information content (AvgIpc) is 2.87. The summed E-state index contributed by atoms with van der Waals surface area (Å²) in [6.45, 7) is 0.742. The second kappa shape index (κ2) is 5.85. The van der Waals surface area contributed by atoms with Crippen LogP contribution in [0.4, 0.5) is 0 Å². The van der Waals surface area contributed by atoms with Crippen molar-refractivity contribution in [3.05, 3.63) is 62.0 Å². The summed E-state index contributed by atoms with van der Waals surface area (Å²) in [5.41, 5.74) is 6.30. The molecule has 2 aromatic rings. The highest BCUT2D eigenvalue weighted by Gasteiger charge is 2.23. The van der Waals surface area contributed by atoms with Gasteiger partial charge in [0, 0.05) is 20.9 Å². The summed E-state index contributed by atoms with van der Waals surface area (Å²) in [5, 5.41) is 0. The molecule has 0 spiro atoms. The molecule has 0 fully saturated rings. The van der Waals surface area contributed by atoms with E-state index < -0.39 is 0 Å². The van der Waals surface area contributed by atoms with Gasteiger partial charge in [-0.15, -0.1) is 0 Å². The van der Waals surface area contributed by atoms with Gasteiger partial charge in [-0.05, 0) is 29.3 Å². The Morgan fingerprint density at radius 1 is 1.15 bits per heavy atom. The van der Waals surface area contributed by atoms with Gasteiger partial charge in [0.05, 0.1) is 12.6 Å². The van der Waals surface area contributed by atoms with E-state index in [1.807, 2.05) is 6.07 Å². The zero-order valence-electron chi connectivity index (χ0n) is 10.7. The first-order valence-electron chi connectivity index (χ1n) is 6.36. The fourth-order valence-electron chi connectivity index (χ4n) is 2.58. The van der Waals surface area contributed by atoms with E-state index in [0.29, 0.717) is 0 Å². The van der Waals surface area contributed by atoms with E-state index in [-0.39, 0.29) is 6.04 Å². The summed E-state index contributed by atoms with van der Waals surface area (Å²) in [5.74, 6) is 6.76. The van der Waals surface area contributed by atoms with Crippen LogP contribution in [-0.4, -0.2) is 6.61 Å². The van der Waals surface area contributed by atoms with Gasteiger partial charge in [0.25, 0.3) is 0 Å². The molecule has 5 heteroatoms. The highest BCUT2D eigenvalue weighted by Crippen LogP contribution is 2.37. The number of para-hydroxylation sites is 1. The van der Waals surface area contributed by atoms with Crippen molar-refractivity contribution in [1.82, 2.24) is 5.43 Å². The Labute approximate surface area is 134 Å². The quantitative estimate of drug-likeness (QED) is 0.613. The van der Waals surface area contributed by atoms with Crippen LogP contribution in [0.3, 0.4) is 0 Å². The summed E-state index contributed by atoms with van der Waals surface area (Å²) in [6.07, 6.45) is 0.961. The number of hydrogen-bond acceptors (Lipinski definition) is 3. The number of nitrogens with two attached hydrogens (primary N) is 1. The van der Waals surface area contributed by atoms with Crippen molar-refractivity contribution in [2.24, 2.45) is 5.84 Å². The van der Waals surface area contributed by atoms with Crippen LogP contribution in [0.2, 0.25) is 0 Å². The van der Waals surface area contributed by atoms with Gasteiger partial charge in [0.2, 0.25) is 0 Å². The molecule has 0 aromatic heterocycles. The molecule has 0 aliphatic carbocycles. The Morgan fingerprint density at radius 2 is 1.90 bits per heavy atom. The Balaban J connectivity index is 2.08. The molecule has 0 saturated heterocycles. The molecular weight excluding hydrogens is 384 g/mol. The van der Waals surface area contributed by atoms with E-state index in [0.717, 1.165) is 38.8 Å². The van der Waals surface area contributed by atoms with Crippen LogP contribution >= 0.6 is 31.9 Å². The van der Waals surface area contributed by atoms with Crippen molar-refractivity contribution in [2.45, 2.75) is 12.5 Å². The van der Waals surface area contributed by atoms with Crippen LogP contribution in [0.1, 0.15) is 22.7 Å². The normalized spacial score (nSPS) is 14.8. The van der Waals surface area contributed by atoms with Crippen molar-refractivity contribution < 1.29 is 4.74 Å². The van der Waals surface area contributed by atoms with Gasteiger partial charge in [-0.1, -0.05) is 50.1 Å². The van der Waals surface area contributed by atoms with Crippen LogP contribution in [0.5, 0.6) is 5.75 Å². The monoisotopic (exact) mass is 396 g/mol. The van der Waals surface area contributed by atoms with Crippen LogP contribution in [-0.2, 0) is 6.42 Å². The molecule has 0 radical (unpaired) electrons. The summed E-state index contributed by atoms with van der Waals surface area (Å²) >= 11 is 7.03. The summed E-state index contributed by atoms with van der Waals surface area (Å²) in [6, 6.07) is 12.2. The van der Waals surface area contributed by atoms with Gasteiger partial charge in [0.15, 0.2) is 0 Å². The van der Waals surface area contributed by atoms with Crippen molar-refractivity contribution in [1.29, 1.82) is 0 Å². The number of hydrazine groups is 1. The third-order valence-electron chi connectivity index (χ3n) is 3.44. The molecular formula is C15H14Br2N2O. The van der Waals surface area contributed by atoms with Crippen molar-refractivity contribution in [3.63, 3.8) is 0 Å². The number of rotatable bonds is 3. The topological polar surface area (TPSA) is 47.3 Å². The lowest BCUT2D eigenvalue weighted by Gasteiger charge is -2.20. The average molecular weight is 398 g/mol. The molecule has 1 atom stereocenters. The highest BCUT2D eigenvalue weighted by atomic mass is 79.9. The lowest BCUT2D eigenvalue weighted by molar-refractivity contribution is 0.350. The molecule has 1 unspecified atom stereocenters. The summed E-state index contributed by atoms with van der Waals surface area (Å²) in [4.78, 5) is 0. The predicted molar refractivity (Wildman–Crippen MR) is 86.6 cm³/mol. The number of fused-ring (bicyclic) bond motifs is 1. The lowest BCUT2D eigenvalue weighted by Crippen LogP contribution is -2.29. The van der Waals surface area contributed by atoms with Gasteiger partial charge in [-0.25, -0.2) is 5.43 Å². The number of hydrogen-bond donors (Lipinski definition) is 2. The maximum absolute atomic E-state index is 5.79. The standard InChI is InChI=1S/C15H14Br2N2O/c16-11-6-10(7-12(17)8-11)14(19-18)13-3-1-2-9-4-5-20-15(9)13/h1-3,6-8,14,19H,4-5,18H2. The fourth-order valence-corrected chi connectivity index (χ4v) is 3.90. The third kappa shape index (κ3) is 2.63. The number of halogens is 2. The smallest absolute Gasteiger partial charge is 0.127 e. The largest absolute Gasteiger partial charge is 0.493 e. The van der Waals surface area contributed by atoms with Crippen LogP contribution in [0.15, 0.2) is 45.3 Å². The minimum Gasteiger partial charge on any atom is -0.493 e. The van der Waals surface area contributed by atoms with E-state index in [2.05, 4.69) is 67.6 Å². The van der Waals surface area contributed by atoms with Gasteiger partial charge >= 0.3 is 0 Å². The molecule has 3 nitrogen and oxygen atoms in total. The zero-order chi connectivity index (χ0) is 14.1. The fraction of sp³-hybridized carbons (Fsp3) is 0.200. The molecule has 3 N–H and O–H groups in total. The lowest BCUT2D eigenvalue weighted by atomic mass is 9.96. The minimum absolute atomic E-state index is 0.100. The first kappa shape index (κ1) is 14.1. The maximum Gasteiger partial charge on any atom is 0.127 e. The van der Waals surface area contributed by atoms with Gasteiger partial charge < -0.3 is 4.74 Å². The second-order valence-corrected chi connectivity index (χ2v) is 6.57. The van der Waals surface area contributed by atoms with Gasteiger partial charge in [0.1, 0.15) is 5.75 Å². The van der Waals surface area contributed by atoms with Crippen molar-refractivity contribution in [3.8, 4) is 5.75 Å². The van der Waals surface area contributed by atoms with E-state index in [9.17, 15) is 0 Å². The van der Waals surface area contributed by atoms with Crippen molar-refractivity contribution >= 4 is 31.9 Å². The molecule has 20 heavy (non-hydrogen) atoms. The molecule has 0 amide bonds. The Kier molecular flexibility index (Phi) is 4.12. The van der Waals surface area contributed by atoms with Crippen LogP contribution < -0.4 is 16.0 Å². The first-order valence-corrected chi connectivity index (χ1v) is 7.94. The molecule has 0 bridgehead atoms. The molecule has 1 heterocycles. The van der Waals surface area contributed by atoms with Crippen LogP contribution in [0, 0.1) is 0 Å². The van der Waals surface area contributed by atoms with Crippen LogP contribution in [0.25, 0.3) is 0 Å². The molecule has 0 saturated carbocycles. The zero-order valence-corrected chi connectivity index (χ0v) is 13.9. The van der Waals surface area contributed by atoms with E-state index in [1.54, 1.807) is 0 Å². The third-order valence-corrected chi connectivity index (χ3v) is 4.36. The Hall–Kier alpha value is -0.880. The van der Waals surface area contributed by atoms with Crippen molar-refractivity contribution in [2.75, 3.05) is 6.61 Å². The van der Waals surface area contributed by atoms with E-state index in [1.165, 1.54) is 5.56 Å². The summed E-state index contributed by atoms with van der Waals surface area (Å²) in [7, 11) is 0. The number of benzene rings is 2. The molecule has 2 aromatic carbocycles. The van der Waals surface area contributed by atoms with Gasteiger partial charge in [-0.3, -0.25) is 5.84 Å². The molecule has 1 aliphatic rings. The molecule has 1 aliphatic heterocycles. The predicted octanol–water partition coefficient (Wildman–Crippen LogP) is 3.70. The summed E-state index contributed by atoms with van der Waals surface area (Å²) < 4.78 is 7.80. The molecule has 3 rings (SSSR count). The first-order chi connectivity index (χ1) is 9.69. The Morgan fingerprint density at radius 3 is 2.60 bits per heavy atom. The maximum atomic E-state index is 5.79. The Bertz CT molecular complexity index is 626. The number of nitrogens with one attached hydrogen (secondary N) is 1. The highest BCUT2D eigenvalue weighted by molar-refractivity contribution is 9.11. The molecule has 104 valence electrons. The van der Waals surface area contributed by atoms with Gasteiger partial charge in [-0.2, -0.15) is 0 Å². The van der Waals surface area contributed by atoms with E-state index in [4.69, 9.17) is 10.6 Å². The number of ether oxygens (including phenoxy) is 1. The SMILES string of the molecule is NNC(c1cc(Br)cc(Br)c1)c1cccc2c1OCC2. The second-order valence-electron chi connectivity index (χ2n) is 4.74. The minimum atomic E-state index is -0.100. The van der Waals surface area contributed by atoms with E-state index >= 15 is 0 Å².